The van der Waals surface area contributed by atoms with Gasteiger partial charge in [-0.25, -0.2) is 14.2 Å². The number of aromatic nitrogens is 1. The van der Waals surface area contributed by atoms with E-state index in [0.717, 1.165) is 13.0 Å². The number of rotatable bonds is 2. The van der Waals surface area contributed by atoms with Crippen molar-refractivity contribution in [3.8, 4) is 0 Å². The average Bonchev–Trinajstić information content (AvgIpc) is 2.00. The smallest absolute Gasteiger partial charge is 0.357 e. The van der Waals surface area contributed by atoms with Gasteiger partial charge in [0, 0.05) is 12.2 Å². The highest BCUT2D eigenvalue weighted by Crippen LogP contribution is 2.23. The molecule has 1 aromatic heterocycles. The minimum Gasteiger partial charge on any atom is -0.476 e. The van der Waals surface area contributed by atoms with Gasteiger partial charge in [0.15, 0.2) is 11.5 Å². The predicted molar refractivity (Wildman–Crippen MR) is 46.5 cm³/mol. The molecule has 1 aromatic rings. The molecule has 2 rings (SSSR count). The van der Waals surface area contributed by atoms with Crippen LogP contribution < -0.4 is 5.32 Å². The van der Waals surface area contributed by atoms with Crippen molar-refractivity contribution in [3.05, 3.63) is 29.3 Å². The van der Waals surface area contributed by atoms with E-state index in [0.29, 0.717) is 5.56 Å². The summed E-state index contributed by atoms with van der Waals surface area (Å²) >= 11 is 0. The maximum absolute atomic E-state index is 13.2. The van der Waals surface area contributed by atoms with Gasteiger partial charge in [0.2, 0.25) is 0 Å². The fourth-order valence-corrected chi connectivity index (χ4v) is 1.37. The number of hydrogen-bond donors (Lipinski definition) is 2. The third-order valence-electron chi connectivity index (χ3n) is 2.29. The molecular weight excluding hydrogens is 187 g/mol. The summed E-state index contributed by atoms with van der Waals surface area (Å²) in [7, 11) is 0. The Labute approximate surface area is 79.8 Å². The number of hydrogen-bond acceptors (Lipinski definition) is 3. The number of carboxylic acid groups (broad SMARTS) is 1. The molecule has 1 saturated heterocycles. The van der Waals surface area contributed by atoms with E-state index in [-0.39, 0.29) is 6.04 Å². The Bertz CT molecular complexity index is 377. The van der Waals surface area contributed by atoms with E-state index >= 15 is 0 Å². The number of aromatic carboxylic acids is 1. The van der Waals surface area contributed by atoms with E-state index in [9.17, 15) is 9.18 Å². The minimum absolute atomic E-state index is 0.125. The van der Waals surface area contributed by atoms with E-state index in [1.54, 1.807) is 0 Å². The van der Waals surface area contributed by atoms with Crippen LogP contribution in [0.3, 0.4) is 0 Å². The molecule has 0 bridgehead atoms. The number of carbonyl (C=O) groups is 1. The summed E-state index contributed by atoms with van der Waals surface area (Å²) in [4.78, 5) is 14.0. The molecule has 14 heavy (non-hydrogen) atoms. The fourth-order valence-electron chi connectivity index (χ4n) is 1.37. The summed E-state index contributed by atoms with van der Waals surface area (Å²) in [6.45, 7) is 0.910. The molecule has 1 atom stereocenters. The number of carboxylic acids is 1. The van der Waals surface area contributed by atoms with Crippen molar-refractivity contribution in [2.24, 2.45) is 0 Å². The highest BCUT2D eigenvalue weighted by Gasteiger charge is 2.21. The first-order valence-electron chi connectivity index (χ1n) is 4.30. The molecular formula is C9H9FN2O2. The largest absolute Gasteiger partial charge is 0.476 e. The van der Waals surface area contributed by atoms with Crippen LogP contribution in [-0.2, 0) is 0 Å². The van der Waals surface area contributed by atoms with Crippen LogP contribution in [-0.4, -0.2) is 22.6 Å². The standard InChI is InChI=1S/C9H9FN2O2/c10-6-3-5(7-1-2-11-7)4-12-8(6)9(13)14/h3-4,7,11H,1-2H2,(H,13,14)/t7-/m1/s1. The molecule has 0 spiro atoms. The van der Waals surface area contributed by atoms with Crippen LogP contribution in [0, 0.1) is 5.82 Å². The molecule has 1 aliphatic rings. The van der Waals surface area contributed by atoms with Crippen LogP contribution in [0.25, 0.3) is 0 Å². The molecule has 74 valence electrons. The molecule has 5 heteroatoms. The lowest BCUT2D eigenvalue weighted by molar-refractivity contribution is 0.0685. The quantitative estimate of drug-likeness (QED) is 0.739. The second-order valence-electron chi connectivity index (χ2n) is 3.20. The second kappa shape index (κ2) is 3.34. The monoisotopic (exact) mass is 196 g/mol. The van der Waals surface area contributed by atoms with E-state index in [1.807, 2.05) is 0 Å². The van der Waals surface area contributed by atoms with Gasteiger partial charge in [-0.1, -0.05) is 0 Å². The lowest BCUT2D eigenvalue weighted by Gasteiger charge is -2.27. The van der Waals surface area contributed by atoms with Gasteiger partial charge in [-0.15, -0.1) is 0 Å². The number of nitrogens with one attached hydrogen (secondary N) is 1. The Morgan fingerprint density at radius 3 is 2.86 bits per heavy atom. The predicted octanol–water partition coefficient (Wildman–Crippen LogP) is 0.953. The maximum Gasteiger partial charge on any atom is 0.357 e. The number of pyridine rings is 1. The van der Waals surface area contributed by atoms with Crippen LogP contribution in [0.4, 0.5) is 4.39 Å². The lowest BCUT2D eigenvalue weighted by Crippen LogP contribution is -2.35. The molecule has 1 fully saturated rings. The molecule has 0 unspecified atom stereocenters. The molecule has 0 aromatic carbocycles. The Kier molecular flexibility index (Phi) is 2.17. The topological polar surface area (TPSA) is 62.2 Å². The third-order valence-corrected chi connectivity index (χ3v) is 2.29. The molecule has 0 aliphatic carbocycles. The van der Waals surface area contributed by atoms with Gasteiger partial charge < -0.3 is 10.4 Å². The average molecular weight is 196 g/mol. The van der Waals surface area contributed by atoms with Gasteiger partial charge in [0.1, 0.15) is 0 Å². The zero-order valence-electron chi connectivity index (χ0n) is 7.33. The number of nitrogens with zero attached hydrogens (tertiary/aromatic N) is 1. The molecule has 2 N–H and O–H groups in total. The first kappa shape index (κ1) is 9.08. The van der Waals surface area contributed by atoms with Gasteiger partial charge in [-0.2, -0.15) is 0 Å². The van der Waals surface area contributed by atoms with Crippen LogP contribution in [0.2, 0.25) is 0 Å². The second-order valence-corrected chi connectivity index (χ2v) is 3.20. The SMILES string of the molecule is O=C(O)c1ncc([C@H]2CCN2)cc1F. The van der Waals surface area contributed by atoms with Gasteiger partial charge in [0.05, 0.1) is 0 Å². The highest BCUT2D eigenvalue weighted by molar-refractivity contribution is 5.85. The molecule has 1 aliphatic heterocycles. The highest BCUT2D eigenvalue weighted by atomic mass is 19.1. The molecule has 2 heterocycles. The molecule has 0 radical (unpaired) electrons. The van der Waals surface area contributed by atoms with E-state index in [2.05, 4.69) is 10.3 Å². The van der Waals surface area contributed by atoms with Crippen LogP contribution in [0.15, 0.2) is 12.3 Å². The summed E-state index contributed by atoms with van der Waals surface area (Å²) in [5, 5.41) is 11.6. The van der Waals surface area contributed by atoms with Gasteiger partial charge in [0.25, 0.3) is 0 Å². The van der Waals surface area contributed by atoms with Crippen molar-refractivity contribution in [2.75, 3.05) is 6.54 Å². The van der Waals surface area contributed by atoms with Gasteiger partial charge in [-0.3, -0.25) is 0 Å². The summed E-state index contributed by atoms with van der Waals surface area (Å²) < 4.78 is 13.2. The molecule has 0 amide bonds. The van der Waals surface area contributed by atoms with E-state index in [4.69, 9.17) is 5.11 Å². The summed E-state index contributed by atoms with van der Waals surface area (Å²) in [5.41, 5.74) is 0.187. The van der Waals surface area contributed by atoms with Crippen molar-refractivity contribution in [2.45, 2.75) is 12.5 Å². The number of halogens is 1. The van der Waals surface area contributed by atoms with Crippen molar-refractivity contribution >= 4 is 5.97 Å². The van der Waals surface area contributed by atoms with Crippen LogP contribution >= 0.6 is 0 Å². The van der Waals surface area contributed by atoms with Crippen molar-refractivity contribution in [3.63, 3.8) is 0 Å². The van der Waals surface area contributed by atoms with Crippen molar-refractivity contribution in [1.82, 2.24) is 10.3 Å². The zero-order valence-corrected chi connectivity index (χ0v) is 7.33. The lowest BCUT2D eigenvalue weighted by atomic mass is 9.99. The van der Waals surface area contributed by atoms with Crippen molar-refractivity contribution in [1.29, 1.82) is 0 Å². The zero-order chi connectivity index (χ0) is 10.1. The maximum atomic E-state index is 13.2. The first-order chi connectivity index (χ1) is 6.68. The van der Waals surface area contributed by atoms with E-state index in [1.165, 1.54) is 12.3 Å². The van der Waals surface area contributed by atoms with Crippen LogP contribution in [0.1, 0.15) is 28.5 Å². The van der Waals surface area contributed by atoms with Crippen LogP contribution in [0.5, 0.6) is 0 Å². The Balaban J connectivity index is 2.30. The molecule has 4 nitrogen and oxygen atoms in total. The normalized spacial score (nSPS) is 20.2. The molecule has 0 saturated carbocycles. The third kappa shape index (κ3) is 1.46. The van der Waals surface area contributed by atoms with E-state index < -0.39 is 17.5 Å². The van der Waals surface area contributed by atoms with Gasteiger partial charge >= 0.3 is 5.97 Å². The van der Waals surface area contributed by atoms with Gasteiger partial charge in [-0.05, 0) is 24.6 Å². The summed E-state index contributed by atoms with van der Waals surface area (Å²) in [6.07, 6.45) is 2.34. The summed E-state index contributed by atoms with van der Waals surface area (Å²) in [5.74, 6) is -2.11. The summed E-state index contributed by atoms with van der Waals surface area (Å²) in [6, 6.07) is 1.35. The van der Waals surface area contributed by atoms with Crippen molar-refractivity contribution < 1.29 is 14.3 Å². The first-order valence-corrected chi connectivity index (χ1v) is 4.30. The Morgan fingerprint density at radius 1 is 1.71 bits per heavy atom. The fraction of sp³-hybridized carbons (Fsp3) is 0.333. The minimum atomic E-state index is -1.34. The Hall–Kier alpha value is -1.49. The Morgan fingerprint density at radius 2 is 2.43 bits per heavy atom.